The number of nitrogens with zero attached hydrogens (tertiary/aromatic N) is 2. The minimum Gasteiger partial charge on any atom is -0.368 e. The fraction of sp³-hybridized carbons (Fsp3) is 0.750. The predicted molar refractivity (Wildman–Crippen MR) is 56.0 cm³/mol. The number of hydrogen-bond acceptors (Lipinski definition) is 3. The Morgan fingerprint density at radius 2 is 2.08 bits per heavy atom. The van der Waals surface area contributed by atoms with Gasteiger partial charge >= 0.3 is 0 Å². The summed E-state index contributed by atoms with van der Waals surface area (Å²) in [5.41, 5.74) is 5.81. The summed E-state index contributed by atoms with van der Waals surface area (Å²) < 4.78 is 2.43. The number of hydrogen-bond donors (Lipinski definition) is 2. The van der Waals surface area contributed by atoms with E-state index in [4.69, 9.17) is 18.0 Å². The molecule has 1 rings (SSSR count). The molecule has 1 unspecified atom stereocenters. The third kappa shape index (κ3) is 1.91. The third-order valence-electron chi connectivity index (χ3n) is 2.37. The summed E-state index contributed by atoms with van der Waals surface area (Å²) in [6.45, 7) is 8.52. The second-order valence-electron chi connectivity index (χ2n) is 4.30. The van der Waals surface area contributed by atoms with Gasteiger partial charge in [0.15, 0.2) is 4.77 Å². The first-order valence-corrected chi connectivity index (χ1v) is 4.67. The molecule has 0 bridgehead atoms. The minimum absolute atomic E-state index is 0.121. The maximum Gasteiger partial charge on any atom is 0.220 e. The molecule has 0 aliphatic rings. The fourth-order valence-corrected chi connectivity index (χ4v) is 1.38. The van der Waals surface area contributed by atoms with Gasteiger partial charge in [0, 0.05) is 6.04 Å². The number of aromatic nitrogens is 3. The summed E-state index contributed by atoms with van der Waals surface area (Å²) in [5, 5.41) is 6.56. The maximum atomic E-state index is 5.69. The van der Waals surface area contributed by atoms with E-state index in [-0.39, 0.29) is 11.5 Å². The van der Waals surface area contributed by atoms with Gasteiger partial charge in [-0.3, -0.25) is 4.57 Å². The lowest BCUT2D eigenvalue weighted by Gasteiger charge is -2.28. The molecule has 1 aromatic heterocycles. The van der Waals surface area contributed by atoms with E-state index in [0.717, 1.165) is 0 Å². The number of rotatable bonds is 1. The molecule has 0 amide bonds. The van der Waals surface area contributed by atoms with Crippen LogP contribution >= 0.6 is 12.2 Å². The van der Waals surface area contributed by atoms with Gasteiger partial charge in [-0.05, 0) is 24.6 Å². The highest BCUT2D eigenvalue weighted by atomic mass is 32.1. The Hall–Kier alpha value is -0.840. The Labute approximate surface area is 83.1 Å². The molecule has 13 heavy (non-hydrogen) atoms. The van der Waals surface area contributed by atoms with E-state index < -0.39 is 0 Å². The molecule has 0 spiro atoms. The number of nitrogens with one attached hydrogen (secondary N) is 1. The van der Waals surface area contributed by atoms with Crippen molar-refractivity contribution in [1.82, 2.24) is 14.8 Å². The van der Waals surface area contributed by atoms with Crippen LogP contribution in [0.25, 0.3) is 0 Å². The molecule has 0 aromatic carbocycles. The predicted octanol–water partition coefficient (Wildman–Crippen LogP) is 2.13. The molecule has 74 valence electrons. The summed E-state index contributed by atoms with van der Waals surface area (Å²) in [4.78, 5) is 0. The molecular formula is C8H16N4S. The summed E-state index contributed by atoms with van der Waals surface area (Å²) >= 11 is 5.08. The first kappa shape index (κ1) is 10.2. The third-order valence-corrected chi connectivity index (χ3v) is 2.66. The molecule has 0 saturated carbocycles. The van der Waals surface area contributed by atoms with Crippen LogP contribution in [-0.4, -0.2) is 14.8 Å². The van der Waals surface area contributed by atoms with Crippen LogP contribution in [0.4, 0.5) is 5.95 Å². The van der Waals surface area contributed by atoms with Gasteiger partial charge in [0.2, 0.25) is 5.95 Å². The standard InChI is InChI=1S/C8H16N4S/c1-5(8(2,3)4)12-6(9)10-11-7(12)13/h5H,1-4H3,(H2,9,10)(H,11,13). The van der Waals surface area contributed by atoms with Gasteiger partial charge in [-0.15, -0.1) is 5.10 Å². The second kappa shape index (κ2) is 3.14. The number of nitrogens with two attached hydrogens (primary N) is 1. The highest BCUT2D eigenvalue weighted by molar-refractivity contribution is 7.71. The molecule has 5 heteroatoms. The Morgan fingerprint density at radius 1 is 1.54 bits per heavy atom. The largest absolute Gasteiger partial charge is 0.368 e. The highest BCUT2D eigenvalue weighted by Gasteiger charge is 2.23. The van der Waals surface area contributed by atoms with Gasteiger partial charge in [0.05, 0.1) is 0 Å². The summed E-state index contributed by atoms with van der Waals surface area (Å²) in [7, 11) is 0. The lowest BCUT2D eigenvalue weighted by atomic mass is 9.88. The topological polar surface area (TPSA) is 59.6 Å². The summed E-state index contributed by atoms with van der Waals surface area (Å²) in [6.07, 6.45) is 0. The van der Waals surface area contributed by atoms with Crippen LogP contribution in [0.15, 0.2) is 0 Å². The van der Waals surface area contributed by atoms with Crippen molar-refractivity contribution < 1.29 is 0 Å². The average Bonchev–Trinajstić information content (AvgIpc) is 2.28. The van der Waals surface area contributed by atoms with E-state index in [1.807, 2.05) is 4.57 Å². The van der Waals surface area contributed by atoms with Crippen LogP contribution in [0.1, 0.15) is 33.7 Å². The highest BCUT2D eigenvalue weighted by Crippen LogP contribution is 2.31. The molecule has 1 aromatic rings. The van der Waals surface area contributed by atoms with Crippen LogP contribution in [0.3, 0.4) is 0 Å². The normalized spacial score (nSPS) is 14.5. The zero-order chi connectivity index (χ0) is 10.2. The second-order valence-corrected chi connectivity index (χ2v) is 4.69. The van der Waals surface area contributed by atoms with Crippen molar-refractivity contribution in [2.45, 2.75) is 33.7 Å². The lowest BCUT2D eigenvalue weighted by molar-refractivity contribution is 0.262. The molecule has 0 fully saturated rings. The molecule has 0 saturated heterocycles. The first-order valence-electron chi connectivity index (χ1n) is 4.26. The van der Waals surface area contributed by atoms with E-state index >= 15 is 0 Å². The number of aromatic amines is 1. The van der Waals surface area contributed by atoms with Gasteiger partial charge in [0.1, 0.15) is 0 Å². The Bertz CT molecular complexity index is 344. The molecule has 3 N–H and O–H groups in total. The molecular weight excluding hydrogens is 184 g/mol. The molecule has 0 aliphatic carbocycles. The van der Waals surface area contributed by atoms with Crippen molar-refractivity contribution in [3.05, 3.63) is 4.77 Å². The maximum absolute atomic E-state index is 5.69. The smallest absolute Gasteiger partial charge is 0.220 e. The van der Waals surface area contributed by atoms with Crippen molar-refractivity contribution in [2.75, 3.05) is 5.73 Å². The van der Waals surface area contributed by atoms with E-state index in [9.17, 15) is 0 Å². The number of anilines is 1. The SMILES string of the molecule is CC(n1c(N)n[nH]c1=S)C(C)(C)C. The molecule has 0 radical (unpaired) electrons. The minimum atomic E-state index is 0.121. The Kier molecular flexibility index (Phi) is 2.47. The van der Waals surface area contributed by atoms with Gasteiger partial charge in [-0.25, -0.2) is 5.10 Å². The Morgan fingerprint density at radius 3 is 2.38 bits per heavy atom. The summed E-state index contributed by atoms with van der Waals surface area (Å²) in [6, 6.07) is 0.235. The zero-order valence-corrected chi connectivity index (χ0v) is 9.27. The first-order chi connectivity index (χ1) is 5.84. The van der Waals surface area contributed by atoms with Gasteiger partial charge in [-0.2, -0.15) is 0 Å². The van der Waals surface area contributed by atoms with E-state index in [2.05, 4.69) is 37.9 Å². The zero-order valence-electron chi connectivity index (χ0n) is 8.46. The van der Waals surface area contributed by atoms with Gasteiger partial charge in [0.25, 0.3) is 0 Å². The van der Waals surface area contributed by atoms with Crippen LogP contribution in [0.2, 0.25) is 0 Å². The van der Waals surface area contributed by atoms with E-state index in [0.29, 0.717) is 10.7 Å². The average molecular weight is 200 g/mol. The van der Waals surface area contributed by atoms with E-state index in [1.54, 1.807) is 0 Å². The van der Waals surface area contributed by atoms with Crippen molar-refractivity contribution in [2.24, 2.45) is 5.41 Å². The van der Waals surface area contributed by atoms with Crippen LogP contribution in [0.5, 0.6) is 0 Å². The van der Waals surface area contributed by atoms with E-state index in [1.165, 1.54) is 0 Å². The quantitative estimate of drug-likeness (QED) is 0.683. The monoisotopic (exact) mass is 200 g/mol. The van der Waals surface area contributed by atoms with Crippen molar-refractivity contribution >= 4 is 18.2 Å². The fourth-order valence-electron chi connectivity index (χ4n) is 1.08. The molecule has 1 atom stereocenters. The van der Waals surface area contributed by atoms with Crippen molar-refractivity contribution in [3.63, 3.8) is 0 Å². The van der Waals surface area contributed by atoms with Crippen LogP contribution in [0, 0.1) is 10.2 Å². The summed E-state index contributed by atoms with van der Waals surface area (Å²) in [5.74, 6) is 0.451. The van der Waals surface area contributed by atoms with Crippen LogP contribution < -0.4 is 5.73 Å². The van der Waals surface area contributed by atoms with Crippen molar-refractivity contribution in [1.29, 1.82) is 0 Å². The number of H-pyrrole nitrogens is 1. The lowest BCUT2D eigenvalue weighted by Crippen LogP contribution is -2.22. The van der Waals surface area contributed by atoms with Crippen LogP contribution in [-0.2, 0) is 0 Å². The molecule has 0 aliphatic heterocycles. The molecule has 1 heterocycles. The number of nitrogen functional groups attached to an aromatic ring is 1. The van der Waals surface area contributed by atoms with Crippen molar-refractivity contribution in [3.8, 4) is 0 Å². The Balaban J connectivity index is 3.16. The van der Waals surface area contributed by atoms with Gasteiger partial charge < -0.3 is 5.73 Å². The van der Waals surface area contributed by atoms with Gasteiger partial charge in [-0.1, -0.05) is 20.8 Å². The molecule has 4 nitrogen and oxygen atoms in total.